The molecule has 3 aromatic heterocycles. The van der Waals surface area contributed by atoms with E-state index in [-0.39, 0.29) is 5.56 Å². The zero-order chi connectivity index (χ0) is 19.1. The summed E-state index contributed by atoms with van der Waals surface area (Å²) in [5.41, 5.74) is 3.07. The lowest BCUT2D eigenvalue weighted by molar-refractivity contribution is 0.331. The molecule has 0 amide bonds. The van der Waals surface area contributed by atoms with Crippen LogP contribution in [0.25, 0.3) is 11.0 Å². The first-order valence-corrected chi connectivity index (χ1v) is 10.2. The van der Waals surface area contributed by atoms with Crippen LogP contribution in [0.5, 0.6) is 0 Å². The van der Waals surface area contributed by atoms with Gasteiger partial charge in [0, 0.05) is 38.9 Å². The molecule has 2 aliphatic rings. The van der Waals surface area contributed by atoms with Gasteiger partial charge in [0.05, 0.1) is 11.1 Å². The van der Waals surface area contributed by atoms with E-state index in [1.165, 1.54) is 12.8 Å². The number of hydrogen-bond donors (Lipinski definition) is 0. The van der Waals surface area contributed by atoms with Gasteiger partial charge in [0.2, 0.25) is 0 Å². The minimum absolute atomic E-state index is 0.0518. The van der Waals surface area contributed by atoms with Crippen LogP contribution in [0.1, 0.15) is 36.9 Å². The van der Waals surface area contributed by atoms with Crippen molar-refractivity contribution < 1.29 is 0 Å². The van der Waals surface area contributed by atoms with E-state index in [1.807, 2.05) is 19.3 Å². The quantitative estimate of drug-likeness (QED) is 0.689. The SMILES string of the molecule is Cn1cc2c(N3CCC(Cn4nc5c(cc4=O)CCCC5)CC3)ncnc2n1. The van der Waals surface area contributed by atoms with Gasteiger partial charge in [-0.25, -0.2) is 14.6 Å². The maximum atomic E-state index is 12.5. The van der Waals surface area contributed by atoms with E-state index in [1.54, 1.807) is 15.7 Å². The largest absolute Gasteiger partial charge is 0.356 e. The van der Waals surface area contributed by atoms with Gasteiger partial charge < -0.3 is 4.90 Å². The molecule has 0 N–H and O–H groups in total. The van der Waals surface area contributed by atoms with E-state index in [9.17, 15) is 4.79 Å². The van der Waals surface area contributed by atoms with Crippen molar-refractivity contribution in [3.8, 4) is 0 Å². The predicted molar refractivity (Wildman–Crippen MR) is 106 cm³/mol. The summed E-state index contributed by atoms with van der Waals surface area (Å²) in [5, 5.41) is 10.1. The molecule has 4 heterocycles. The Morgan fingerprint density at radius 2 is 1.93 bits per heavy atom. The normalized spacial score (nSPS) is 17.8. The van der Waals surface area contributed by atoms with Crippen molar-refractivity contribution >= 4 is 16.9 Å². The molecule has 0 unspecified atom stereocenters. The average Bonchev–Trinajstić information content (AvgIpc) is 3.09. The third kappa shape index (κ3) is 3.16. The number of fused-ring (bicyclic) bond motifs is 2. The Balaban J connectivity index is 1.29. The molecule has 0 bridgehead atoms. The zero-order valence-corrected chi connectivity index (χ0v) is 16.2. The Kier molecular flexibility index (Phi) is 4.33. The lowest BCUT2D eigenvalue weighted by Gasteiger charge is -2.33. The summed E-state index contributed by atoms with van der Waals surface area (Å²) in [7, 11) is 1.90. The van der Waals surface area contributed by atoms with Gasteiger partial charge in [0.1, 0.15) is 12.1 Å². The number of piperidine rings is 1. The smallest absolute Gasteiger partial charge is 0.267 e. The van der Waals surface area contributed by atoms with E-state index in [4.69, 9.17) is 0 Å². The monoisotopic (exact) mass is 379 g/mol. The van der Waals surface area contributed by atoms with E-state index in [0.717, 1.165) is 66.9 Å². The van der Waals surface area contributed by atoms with Gasteiger partial charge in [-0.2, -0.15) is 10.2 Å². The Bertz CT molecular complexity index is 1060. The van der Waals surface area contributed by atoms with Crippen molar-refractivity contribution in [2.24, 2.45) is 13.0 Å². The van der Waals surface area contributed by atoms with Gasteiger partial charge >= 0.3 is 0 Å². The highest BCUT2D eigenvalue weighted by molar-refractivity contribution is 5.86. The summed E-state index contributed by atoms with van der Waals surface area (Å²) in [5.74, 6) is 1.43. The summed E-state index contributed by atoms with van der Waals surface area (Å²) in [6.45, 7) is 2.56. The molecule has 0 spiro atoms. The van der Waals surface area contributed by atoms with Gasteiger partial charge in [0.15, 0.2) is 5.65 Å². The molecule has 0 radical (unpaired) electrons. The molecule has 0 aromatic carbocycles. The van der Waals surface area contributed by atoms with Gasteiger partial charge in [-0.1, -0.05) is 0 Å². The first-order valence-electron chi connectivity index (χ1n) is 10.2. The van der Waals surface area contributed by atoms with Crippen LogP contribution in [-0.4, -0.2) is 42.6 Å². The van der Waals surface area contributed by atoms with Crippen molar-refractivity contribution in [3.63, 3.8) is 0 Å². The standard InChI is InChI=1S/C20H25N7O/c1-25-12-16-19(24-25)21-13-22-20(16)26-8-6-14(7-9-26)11-27-18(28)10-15-4-2-3-5-17(15)23-27/h10,12-14H,2-9,11H2,1H3. The minimum atomic E-state index is 0.0518. The van der Waals surface area contributed by atoms with E-state index >= 15 is 0 Å². The molecule has 0 saturated carbocycles. The van der Waals surface area contributed by atoms with E-state index < -0.39 is 0 Å². The first-order chi connectivity index (χ1) is 13.7. The molecule has 0 atom stereocenters. The Morgan fingerprint density at radius 1 is 1.11 bits per heavy atom. The molecule has 146 valence electrons. The fourth-order valence-corrected chi connectivity index (χ4v) is 4.49. The molecule has 3 aromatic rings. The van der Waals surface area contributed by atoms with Crippen LogP contribution < -0.4 is 10.5 Å². The number of aryl methyl sites for hydroxylation is 3. The zero-order valence-electron chi connectivity index (χ0n) is 16.2. The van der Waals surface area contributed by atoms with Gasteiger partial charge in [-0.15, -0.1) is 0 Å². The summed E-state index contributed by atoms with van der Waals surface area (Å²) in [6, 6.07) is 1.82. The number of rotatable bonds is 3. The molecular formula is C20H25N7O. The third-order valence-corrected chi connectivity index (χ3v) is 6.03. The number of anilines is 1. The van der Waals surface area contributed by atoms with Crippen LogP contribution in [0.2, 0.25) is 0 Å². The van der Waals surface area contributed by atoms with Crippen LogP contribution in [0.4, 0.5) is 5.82 Å². The van der Waals surface area contributed by atoms with Crippen molar-refractivity contribution in [1.82, 2.24) is 29.5 Å². The highest BCUT2D eigenvalue weighted by atomic mass is 16.1. The average molecular weight is 379 g/mol. The molecule has 1 aliphatic heterocycles. The van der Waals surface area contributed by atoms with Crippen molar-refractivity contribution in [1.29, 1.82) is 0 Å². The maximum Gasteiger partial charge on any atom is 0.267 e. The van der Waals surface area contributed by atoms with Crippen LogP contribution in [0.15, 0.2) is 23.4 Å². The van der Waals surface area contributed by atoms with Crippen molar-refractivity contribution in [2.75, 3.05) is 18.0 Å². The van der Waals surface area contributed by atoms with Crippen molar-refractivity contribution in [3.05, 3.63) is 40.2 Å². The molecular weight excluding hydrogens is 354 g/mol. The first kappa shape index (κ1) is 17.3. The lowest BCUT2D eigenvalue weighted by atomic mass is 9.95. The predicted octanol–water partition coefficient (Wildman–Crippen LogP) is 1.72. The number of hydrogen-bond acceptors (Lipinski definition) is 6. The Hall–Kier alpha value is -2.77. The fraction of sp³-hybridized carbons (Fsp3) is 0.550. The summed E-state index contributed by atoms with van der Waals surface area (Å²) in [6.07, 6.45) is 9.97. The highest BCUT2D eigenvalue weighted by Gasteiger charge is 2.24. The fourth-order valence-electron chi connectivity index (χ4n) is 4.49. The van der Waals surface area contributed by atoms with E-state index in [2.05, 4.69) is 25.1 Å². The second-order valence-corrected chi connectivity index (χ2v) is 8.01. The Morgan fingerprint density at radius 3 is 2.79 bits per heavy atom. The Labute approximate surface area is 163 Å². The highest BCUT2D eigenvalue weighted by Crippen LogP contribution is 2.27. The van der Waals surface area contributed by atoms with Gasteiger partial charge in [0.25, 0.3) is 5.56 Å². The second-order valence-electron chi connectivity index (χ2n) is 8.01. The van der Waals surface area contributed by atoms with Crippen LogP contribution >= 0.6 is 0 Å². The molecule has 1 aliphatic carbocycles. The topological polar surface area (TPSA) is 81.7 Å². The summed E-state index contributed by atoms with van der Waals surface area (Å²) in [4.78, 5) is 23.5. The lowest BCUT2D eigenvalue weighted by Crippen LogP contribution is -2.37. The molecule has 1 saturated heterocycles. The van der Waals surface area contributed by atoms with Crippen LogP contribution in [0, 0.1) is 5.92 Å². The summed E-state index contributed by atoms with van der Waals surface area (Å²) < 4.78 is 3.48. The molecule has 1 fully saturated rings. The van der Waals surface area contributed by atoms with Crippen molar-refractivity contribution in [2.45, 2.75) is 45.1 Å². The molecule has 28 heavy (non-hydrogen) atoms. The van der Waals surface area contributed by atoms with Crippen LogP contribution in [0.3, 0.4) is 0 Å². The number of nitrogens with zero attached hydrogens (tertiary/aromatic N) is 7. The van der Waals surface area contributed by atoms with Gasteiger partial charge in [-0.3, -0.25) is 9.48 Å². The molecule has 5 rings (SSSR count). The van der Waals surface area contributed by atoms with Gasteiger partial charge in [-0.05, 0) is 50.0 Å². The molecule has 8 heteroatoms. The second kappa shape index (κ2) is 7.00. The third-order valence-electron chi connectivity index (χ3n) is 6.03. The molecule has 8 nitrogen and oxygen atoms in total. The minimum Gasteiger partial charge on any atom is -0.356 e. The van der Waals surface area contributed by atoms with E-state index in [0.29, 0.717) is 12.5 Å². The maximum absolute atomic E-state index is 12.5. The summed E-state index contributed by atoms with van der Waals surface area (Å²) >= 11 is 0. The number of aromatic nitrogens is 6. The van der Waals surface area contributed by atoms with Crippen LogP contribution in [-0.2, 0) is 26.4 Å².